The van der Waals surface area contributed by atoms with Crippen LogP contribution in [0.1, 0.15) is 41.2 Å². The highest BCUT2D eigenvalue weighted by Crippen LogP contribution is 2.16. The zero-order chi connectivity index (χ0) is 17.5. The van der Waals surface area contributed by atoms with Crippen LogP contribution < -0.4 is 5.73 Å². The van der Waals surface area contributed by atoms with Crippen molar-refractivity contribution in [3.8, 4) is 11.8 Å². The lowest BCUT2D eigenvalue weighted by molar-refractivity contribution is -0.143. The predicted molar refractivity (Wildman–Crippen MR) is 97.7 cm³/mol. The second-order valence-electron chi connectivity index (χ2n) is 5.79. The van der Waals surface area contributed by atoms with Crippen molar-refractivity contribution in [2.45, 2.75) is 33.6 Å². The monoisotopic (exact) mass is 321 g/mol. The number of rotatable bonds is 4. The van der Waals surface area contributed by atoms with Crippen LogP contribution in [0.4, 0.5) is 5.69 Å². The molecule has 0 spiro atoms. The zero-order valence-corrected chi connectivity index (χ0v) is 14.5. The van der Waals surface area contributed by atoms with E-state index < -0.39 is 0 Å². The number of nitrogen functional groups attached to an aromatic ring is 1. The van der Waals surface area contributed by atoms with E-state index in [1.165, 1.54) is 5.56 Å². The second kappa shape index (κ2) is 8.21. The third kappa shape index (κ3) is 4.89. The molecule has 2 aromatic carbocycles. The Bertz CT molecular complexity index is 797. The Kier molecular flexibility index (Phi) is 6.03. The van der Waals surface area contributed by atoms with E-state index in [0.717, 1.165) is 22.3 Å². The molecule has 0 radical (unpaired) electrons. The molecule has 2 aromatic rings. The smallest absolute Gasteiger partial charge is 0.306 e. The third-order valence-electron chi connectivity index (χ3n) is 3.77. The van der Waals surface area contributed by atoms with Crippen LogP contribution >= 0.6 is 0 Å². The Morgan fingerprint density at radius 1 is 1.08 bits per heavy atom. The fourth-order valence-corrected chi connectivity index (χ4v) is 2.35. The van der Waals surface area contributed by atoms with Crippen molar-refractivity contribution < 1.29 is 9.53 Å². The molecular formula is C21H23NO2. The maximum Gasteiger partial charge on any atom is 0.306 e. The minimum atomic E-state index is -0.183. The van der Waals surface area contributed by atoms with Crippen molar-refractivity contribution in [2.75, 3.05) is 12.3 Å². The highest BCUT2D eigenvalue weighted by molar-refractivity contribution is 5.70. The summed E-state index contributed by atoms with van der Waals surface area (Å²) in [4.78, 5) is 11.5. The molecule has 0 bridgehead atoms. The van der Waals surface area contributed by atoms with Gasteiger partial charge in [-0.1, -0.05) is 30.0 Å². The third-order valence-corrected chi connectivity index (χ3v) is 3.77. The molecule has 24 heavy (non-hydrogen) atoms. The molecule has 0 aliphatic heterocycles. The van der Waals surface area contributed by atoms with E-state index in [2.05, 4.69) is 37.0 Å². The summed E-state index contributed by atoms with van der Waals surface area (Å²) in [7, 11) is 0. The van der Waals surface area contributed by atoms with Crippen molar-refractivity contribution in [1.29, 1.82) is 0 Å². The van der Waals surface area contributed by atoms with Gasteiger partial charge in [0, 0.05) is 23.2 Å². The Morgan fingerprint density at radius 2 is 1.83 bits per heavy atom. The zero-order valence-electron chi connectivity index (χ0n) is 14.5. The molecule has 0 aliphatic carbocycles. The van der Waals surface area contributed by atoms with E-state index in [9.17, 15) is 4.79 Å². The van der Waals surface area contributed by atoms with Crippen molar-refractivity contribution in [3.63, 3.8) is 0 Å². The first kappa shape index (κ1) is 17.6. The fourth-order valence-electron chi connectivity index (χ4n) is 2.35. The van der Waals surface area contributed by atoms with Gasteiger partial charge in [-0.2, -0.15) is 0 Å². The highest BCUT2D eigenvalue weighted by atomic mass is 16.5. The van der Waals surface area contributed by atoms with Crippen molar-refractivity contribution in [2.24, 2.45) is 0 Å². The van der Waals surface area contributed by atoms with Gasteiger partial charge in [-0.05, 0) is 62.1 Å². The van der Waals surface area contributed by atoms with Crippen LogP contribution in [-0.2, 0) is 16.0 Å². The van der Waals surface area contributed by atoms with Gasteiger partial charge in [0.2, 0.25) is 0 Å². The summed E-state index contributed by atoms with van der Waals surface area (Å²) in [5, 5.41) is 0. The molecule has 0 amide bonds. The molecule has 124 valence electrons. The summed E-state index contributed by atoms with van der Waals surface area (Å²) in [6.07, 6.45) is 0.985. The maximum atomic E-state index is 11.5. The van der Waals surface area contributed by atoms with E-state index in [1.807, 2.05) is 32.0 Å². The Balaban J connectivity index is 2.19. The molecule has 2 rings (SSSR count). The molecule has 0 heterocycles. The molecule has 3 heteroatoms. The molecule has 0 aliphatic rings. The van der Waals surface area contributed by atoms with E-state index >= 15 is 0 Å². The quantitative estimate of drug-likeness (QED) is 0.530. The minimum absolute atomic E-state index is 0.183. The summed E-state index contributed by atoms with van der Waals surface area (Å²) in [6.45, 7) is 6.31. The lowest BCUT2D eigenvalue weighted by Crippen LogP contribution is -2.05. The standard InChI is InChI=1S/C21H23NO2/c1-4-24-21(23)12-8-17-7-11-20(22)19(14-17)10-9-18-13-15(2)5-6-16(18)3/h5-7,11,13-14H,4,8,12,22H2,1-3H3. The van der Waals surface area contributed by atoms with E-state index in [1.54, 1.807) is 0 Å². The fraction of sp³-hybridized carbons (Fsp3) is 0.286. The van der Waals surface area contributed by atoms with E-state index in [4.69, 9.17) is 10.5 Å². The number of anilines is 1. The highest BCUT2D eigenvalue weighted by Gasteiger charge is 2.04. The molecule has 3 nitrogen and oxygen atoms in total. The number of benzene rings is 2. The minimum Gasteiger partial charge on any atom is -0.466 e. The van der Waals surface area contributed by atoms with Gasteiger partial charge < -0.3 is 10.5 Å². The molecule has 0 unspecified atom stereocenters. The molecule has 0 fully saturated rings. The number of carbonyl (C=O) groups excluding carboxylic acids is 1. The molecule has 0 saturated carbocycles. The maximum absolute atomic E-state index is 11.5. The van der Waals surface area contributed by atoms with Gasteiger partial charge in [-0.3, -0.25) is 4.79 Å². The number of esters is 1. The van der Waals surface area contributed by atoms with Crippen LogP contribution in [0, 0.1) is 25.7 Å². The summed E-state index contributed by atoms with van der Waals surface area (Å²) in [5.74, 6) is 6.18. The van der Waals surface area contributed by atoms with Crippen LogP contribution in [0.2, 0.25) is 0 Å². The summed E-state index contributed by atoms with van der Waals surface area (Å²) < 4.78 is 4.96. The average Bonchev–Trinajstić information content (AvgIpc) is 2.56. The number of nitrogens with two attached hydrogens (primary N) is 1. The number of ether oxygens (including phenoxy) is 1. The van der Waals surface area contributed by atoms with E-state index in [0.29, 0.717) is 25.1 Å². The SMILES string of the molecule is CCOC(=O)CCc1ccc(N)c(C#Cc2cc(C)ccc2C)c1. The number of aryl methyl sites for hydroxylation is 3. The second-order valence-corrected chi connectivity index (χ2v) is 5.79. The number of hydrogen-bond donors (Lipinski definition) is 1. The van der Waals surface area contributed by atoms with Gasteiger partial charge in [-0.25, -0.2) is 0 Å². The lowest BCUT2D eigenvalue weighted by Gasteiger charge is -2.05. The van der Waals surface area contributed by atoms with Crippen molar-refractivity contribution in [3.05, 3.63) is 64.2 Å². The number of carbonyl (C=O) groups is 1. The molecule has 0 aromatic heterocycles. The largest absolute Gasteiger partial charge is 0.466 e. The number of hydrogen-bond acceptors (Lipinski definition) is 3. The predicted octanol–water partition coefficient (Wildman–Crippen LogP) is 3.78. The normalized spacial score (nSPS) is 9.96. The van der Waals surface area contributed by atoms with Gasteiger partial charge in [0.05, 0.1) is 6.61 Å². The van der Waals surface area contributed by atoms with Crippen LogP contribution in [0.15, 0.2) is 36.4 Å². The summed E-state index contributed by atoms with van der Waals surface area (Å²) in [5.41, 5.74) is 11.8. The van der Waals surface area contributed by atoms with Gasteiger partial charge in [-0.15, -0.1) is 0 Å². The summed E-state index contributed by atoms with van der Waals surface area (Å²) >= 11 is 0. The van der Waals surface area contributed by atoms with Gasteiger partial charge >= 0.3 is 5.97 Å². The first-order valence-corrected chi connectivity index (χ1v) is 8.13. The average molecular weight is 321 g/mol. The van der Waals surface area contributed by atoms with Crippen LogP contribution in [0.3, 0.4) is 0 Å². The first-order chi connectivity index (χ1) is 11.5. The van der Waals surface area contributed by atoms with Gasteiger partial charge in [0.1, 0.15) is 0 Å². The van der Waals surface area contributed by atoms with Gasteiger partial charge in [0.25, 0.3) is 0 Å². The Labute approximate surface area is 143 Å². The Morgan fingerprint density at radius 3 is 2.58 bits per heavy atom. The van der Waals surface area contributed by atoms with E-state index in [-0.39, 0.29) is 5.97 Å². The van der Waals surface area contributed by atoms with Gasteiger partial charge in [0.15, 0.2) is 0 Å². The summed E-state index contributed by atoms with van der Waals surface area (Å²) in [6, 6.07) is 11.9. The van der Waals surface area contributed by atoms with Crippen molar-refractivity contribution in [1.82, 2.24) is 0 Å². The molecule has 0 saturated heterocycles. The van der Waals surface area contributed by atoms with Crippen molar-refractivity contribution >= 4 is 11.7 Å². The van der Waals surface area contributed by atoms with Crippen LogP contribution in [-0.4, -0.2) is 12.6 Å². The molecule has 0 atom stereocenters. The van der Waals surface area contributed by atoms with Crippen LogP contribution in [0.25, 0.3) is 0 Å². The van der Waals surface area contributed by atoms with Crippen LogP contribution in [0.5, 0.6) is 0 Å². The first-order valence-electron chi connectivity index (χ1n) is 8.13. The Hall–Kier alpha value is -2.73. The lowest BCUT2D eigenvalue weighted by atomic mass is 10.0. The topological polar surface area (TPSA) is 52.3 Å². The molecule has 2 N–H and O–H groups in total. The molecular weight excluding hydrogens is 298 g/mol.